The number of carbonyl (C=O) groups excluding carboxylic acids is 4. The van der Waals surface area contributed by atoms with E-state index in [1.54, 1.807) is 45.9 Å². The molecule has 3 aromatic carbocycles. The first-order valence-corrected chi connectivity index (χ1v) is 14.3. The highest BCUT2D eigenvalue weighted by Gasteiger charge is 2.36. The van der Waals surface area contributed by atoms with Gasteiger partial charge in [-0.3, -0.25) is 19.7 Å². The van der Waals surface area contributed by atoms with E-state index in [-0.39, 0.29) is 31.0 Å². The number of carbonyl (C=O) groups is 4. The molecule has 10 nitrogen and oxygen atoms in total. The van der Waals surface area contributed by atoms with Gasteiger partial charge in [-0.05, 0) is 62.2 Å². The van der Waals surface area contributed by atoms with E-state index in [0.29, 0.717) is 5.69 Å². The van der Waals surface area contributed by atoms with Crippen LogP contribution in [-0.2, 0) is 30.4 Å². The summed E-state index contributed by atoms with van der Waals surface area (Å²) < 4.78 is 17.2. The second kappa shape index (κ2) is 12.9. The van der Waals surface area contributed by atoms with Gasteiger partial charge in [0.2, 0.25) is 5.91 Å². The standard InChI is InChI=1S/C31H34BrN3O7/c1-18(33-15-26(36)42-31(2,3)4)28(37)34-24-17-41-27-22(30(39)40-5)11-8-12-25(27)35(29(24)38)16-19-13-14-23(32)21-10-7-6-9-20(19)21/h6-14,18,24,33H,15-17H2,1-5H3,(H,34,37)/t18-,24-/m0/s1. The van der Waals surface area contributed by atoms with E-state index in [2.05, 4.69) is 26.6 Å². The van der Waals surface area contributed by atoms with Gasteiger partial charge in [-0.15, -0.1) is 0 Å². The maximum atomic E-state index is 14.1. The maximum Gasteiger partial charge on any atom is 0.341 e. The lowest BCUT2D eigenvalue weighted by Crippen LogP contribution is -2.54. The van der Waals surface area contributed by atoms with E-state index in [0.717, 1.165) is 20.8 Å². The molecule has 4 rings (SSSR count). The van der Waals surface area contributed by atoms with E-state index < -0.39 is 41.4 Å². The highest BCUT2D eigenvalue weighted by Crippen LogP contribution is 2.37. The molecular weight excluding hydrogens is 606 g/mol. The molecule has 1 aliphatic rings. The van der Waals surface area contributed by atoms with Crippen molar-refractivity contribution >= 4 is 56.1 Å². The van der Waals surface area contributed by atoms with Gasteiger partial charge in [0.1, 0.15) is 23.8 Å². The molecule has 2 amide bonds. The molecule has 0 saturated heterocycles. The molecule has 0 bridgehead atoms. The summed E-state index contributed by atoms with van der Waals surface area (Å²) in [4.78, 5) is 53.4. The second-order valence-corrected chi connectivity index (χ2v) is 11.7. The van der Waals surface area contributed by atoms with Crippen molar-refractivity contribution in [2.24, 2.45) is 0 Å². The SMILES string of the molecule is COC(=O)c1cccc2c1OC[C@H](NC(=O)[C@H](C)NCC(=O)OC(C)(C)C)C(=O)N2Cc1ccc(Br)c2ccccc12. The lowest BCUT2D eigenvalue weighted by atomic mass is 10.0. The normalized spacial score (nSPS) is 15.7. The van der Waals surface area contributed by atoms with Crippen LogP contribution in [0, 0.1) is 0 Å². The molecule has 11 heteroatoms. The summed E-state index contributed by atoms with van der Waals surface area (Å²) in [7, 11) is 1.27. The Hall–Kier alpha value is -3.96. The molecule has 0 spiro atoms. The fourth-order valence-corrected chi connectivity index (χ4v) is 5.09. The van der Waals surface area contributed by atoms with Crippen LogP contribution in [0.1, 0.15) is 43.6 Å². The third-order valence-corrected chi connectivity index (χ3v) is 7.31. The van der Waals surface area contributed by atoms with Crippen molar-refractivity contribution in [3.8, 4) is 5.75 Å². The van der Waals surface area contributed by atoms with E-state index in [1.165, 1.54) is 12.0 Å². The fourth-order valence-electron chi connectivity index (χ4n) is 4.61. The minimum atomic E-state index is -1.08. The molecule has 2 N–H and O–H groups in total. The monoisotopic (exact) mass is 639 g/mol. The Balaban J connectivity index is 1.63. The number of hydrogen-bond donors (Lipinski definition) is 2. The largest absolute Gasteiger partial charge is 0.488 e. The Kier molecular flexibility index (Phi) is 9.53. The summed E-state index contributed by atoms with van der Waals surface area (Å²) in [5, 5.41) is 7.50. The zero-order chi connectivity index (χ0) is 30.6. The molecule has 1 aliphatic heterocycles. The van der Waals surface area contributed by atoms with Gasteiger partial charge in [-0.2, -0.15) is 0 Å². The Labute approximate surface area is 252 Å². The molecule has 42 heavy (non-hydrogen) atoms. The molecule has 2 atom stereocenters. The number of hydrogen-bond acceptors (Lipinski definition) is 8. The Morgan fingerprint density at radius 3 is 2.48 bits per heavy atom. The van der Waals surface area contributed by atoms with E-state index in [1.807, 2.05) is 36.4 Å². The Bertz CT molecular complexity index is 1520. The van der Waals surface area contributed by atoms with E-state index in [4.69, 9.17) is 14.2 Å². The molecule has 222 valence electrons. The molecule has 3 aromatic rings. The minimum absolute atomic E-state index is 0.145. The molecular formula is C31H34BrN3O7. The number of anilines is 1. The number of ether oxygens (including phenoxy) is 3. The smallest absolute Gasteiger partial charge is 0.341 e. The number of nitrogens with zero attached hydrogens (tertiary/aromatic N) is 1. The number of benzene rings is 3. The number of fused-ring (bicyclic) bond motifs is 2. The highest BCUT2D eigenvalue weighted by atomic mass is 79.9. The van der Waals surface area contributed by atoms with Crippen molar-refractivity contribution in [2.75, 3.05) is 25.2 Å². The highest BCUT2D eigenvalue weighted by molar-refractivity contribution is 9.10. The summed E-state index contributed by atoms with van der Waals surface area (Å²) in [6.45, 7) is 6.59. The van der Waals surface area contributed by atoms with Crippen molar-refractivity contribution < 1.29 is 33.4 Å². The van der Waals surface area contributed by atoms with Gasteiger partial charge in [0.25, 0.3) is 5.91 Å². The van der Waals surface area contributed by atoms with Crippen LogP contribution in [0.25, 0.3) is 10.8 Å². The first-order chi connectivity index (χ1) is 19.9. The van der Waals surface area contributed by atoms with Gasteiger partial charge in [0, 0.05) is 4.47 Å². The zero-order valence-corrected chi connectivity index (χ0v) is 25.7. The zero-order valence-electron chi connectivity index (χ0n) is 24.2. The number of rotatable bonds is 8. The lowest BCUT2D eigenvalue weighted by molar-refractivity contribution is -0.153. The topological polar surface area (TPSA) is 123 Å². The predicted octanol–water partition coefficient (Wildman–Crippen LogP) is 4.12. The Morgan fingerprint density at radius 2 is 1.79 bits per heavy atom. The number of nitrogens with one attached hydrogen (secondary N) is 2. The van der Waals surface area contributed by atoms with Crippen LogP contribution in [0.4, 0.5) is 5.69 Å². The van der Waals surface area contributed by atoms with Crippen molar-refractivity contribution in [3.05, 3.63) is 70.2 Å². The van der Waals surface area contributed by atoms with Gasteiger partial charge < -0.3 is 24.4 Å². The molecule has 1 heterocycles. The summed E-state index contributed by atoms with van der Waals surface area (Å²) in [6, 6.07) is 14.6. The van der Waals surface area contributed by atoms with Gasteiger partial charge in [0.05, 0.1) is 31.9 Å². The fraction of sp³-hybridized carbons (Fsp3) is 0.355. The van der Waals surface area contributed by atoms with Crippen LogP contribution in [0.3, 0.4) is 0 Å². The van der Waals surface area contributed by atoms with Crippen LogP contribution in [0.5, 0.6) is 5.75 Å². The predicted molar refractivity (Wildman–Crippen MR) is 161 cm³/mol. The molecule has 0 fully saturated rings. The van der Waals surface area contributed by atoms with Crippen LogP contribution >= 0.6 is 15.9 Å². The molecule has 0 aliphatic carbocycles. The number of amides is 2. The second-order valence-electron chi connectivity index (χ2n) is 10.9. The quantitative estimate of drug-likeness (QED) is 0.353. The van der Waals surface area contributed by atoms with Crippen molar-refractivity contribution in [1.82, 2.24) is 10.6 Å². The van der Waals surface area contributed by atoms with Crippen LogP contribution in [0.15, 0.2) is 59.1 Å². The van der Waals surface area contributed by atoms with Crippen molar-refractivity contribution in [2.45, 2.75) is 51.9 Å². The summed E-state index contributed by atoms with van der Waals surface area (Å²) in [5.41, 5.74) is 0.738. The van der Waals surface area contributed by atoms with E-state index in [9.17, 15) is 19.2 Å². The third-order valence-electron chi connectivity index (χ3n) is 6.62. The number of para-hydroxylation sites is 1. The summed E-state index contributed by atoms with van der Waals surface area (Å²) in [5.74, 6) is -1.86. The number of esters is 2. The Morgan fingerprint density at radius 1 is 1.07 bits per heavy atom. The third kappa shape index (κ3) is 7.08. The first-order valence-electron chi connectivity index (χ1n) is 13.5. The summed E-state index contributed by atoms with van der Waals surface area (Å²) in [6.07, 6.45) is 0. The first kappa shape index (κ1) is 31.0. The van der Waals surface area contributed by atoms with Crippen molar-refractivity contribution in [1.29, 1.82) is 0 Å². The molecule has 0 aromatic heterocycles. The lowest BCUT2D eigenvalue weighted by Gasteiger charge is -2.26. The number of halogens is 1. The molecule has 0 saturated carbocycles. The molecule has 0 unspecified atom stereocenters. The summed E-state index contributed by atoms with van der Waals surface area (Å²) >= 11 is 3.59. The molecule has 0 radical (unpaired) electrons. The van der Waals surface area contributed by atoms with Crippen LogP contribution < -0.4 is 20.3 Å². The van der Waals surface area contributed by atoms with Crippen LogP contribution in [-0.4, -0.2) is 61.7 Å². The number of methoxy groups -OCH3 is 1. The average Bonchev–Trinajstić information content (AvgIpc) is 3.08. The van der Waals surface area contributed by atoms with Gasteiger partial charge >= 0.3 is 11.9 Å². The van der Waals surface area contributed by atoms with Crippen LogP contribution in [0.2, 0.25) is 0 Å². The maximum absolute atomic E-state index is 14.1. The van der Waals surface area contributed by atoms with E-state index >= 15 is 0 Å². The van der Waals surface area contributed by atoms with Gasteiger partial charge in [-0.1, -0.05) is 52.3 Å². The average molecular weight is 641 g/mol. The van der Waals surface area contributed by atoms with Crippen molar-refractivity contribution in [3.63, 3.8) is 0 Å². The minimum Gasteiger partial charge on any atom is -0.488 e. The van der Waals surface area contributed by atoms with Gasteiger partial charge in [-0.25, -0.2) is 4.79 Å². The van der Waals surface area contributed by atoms with Gasteiger partial charge in [0.15, 0.2) is 5.75 Å².